The van der Waals surface area contributed by atoms with Gasteiger partial charge in [0.05, 0.1) is 0 Å². The van der Waals surface area contributed by atoms with Gasteiger partial charge in [0.15, 0.2) is 0 Å². The Morgan fingerprint density at radius 1 is 1.29 bits per heavy atom. The fourth-order valence-corrected chi connectivity index (χ4v) is 2.14. The molecular formula is C15H13N3O3. The number of hydrogen-bond acceptors (Lipinski definition) is 4. The number of carboxylic acid groups (broad SMARTS) is 1. The summed E-state index contributed by atoms with van der Waals surface area (Å²) in [5, 5.41) is 13.0. The lowest BCUT2D eigenvalue weighted by molar-refractivity contribution is 0.0685. The van der Waals surface area contributed by atoms with Crippen molar-refractivity contribution >= 4 is 5.97 Å². The van der Waals surface area contributed by atoms with E-state index in [0.29, 0.717) is 11.7 Å². The van der Waals surface area contributed by atoms with Gasteiger partial charge in [0.25, 0.3) is 0 Å². The van der Waals surface area contributed by atoms with E-state index in [9.17, 15) is 4.79 Å². The molecule has 0 amide bonds. The molecule has 0 aliphatic carbocycles. The largest absolute Gasteiger partial charge is 0.477 e. The molecule has 3 aromatic rings. The summed E-state index contributed by atoms with van der Waals surface area (Å²) in [6.07, 6.45) is 1.67. The molecule has 0 atom stereocenters. The smallest absolute Gasteiger partial charge is 0.352 e. The number of nitrogens with zero attached hydrogens (tertiary/aromatic N) is 3. The highest BCUT2D eigenvalue weighted by Gasteiger charge is 2.14. The molecule has 0 unspecified atom stereocenters. The predicted molar refractivity (Wildman–Crippen MR) is 75.0 cm³/mol. The molecule has 2 heterocycles. The van der Waals surface area contributed by atoms with Crippen LogP contribution < -0.4 is 0 Å². The van der Waals surface area contributed by atoms with E-state index in [1.54, 1.807) is 16.8 Å². The molecule has 0 radical (unpaired) electrons. The van der Waals surface area contributed by atoms with Crippen LogP contribution in [-0.2, 0) is 6.54 Å². The van der Waals surface area contributed by atoms with Crippen LogP contribution in [0.25, 0.3) is 11.4 Å². The quantitative estimate of drug-likeness (QED) is 0.796. The van der Waals surface area contributed by atoms with Gasteiger partial charge < -0.3 is 14.2 Å². The van der Waals surface area contributed by atoms with Crippen molar-refractivity contribution < 1.29 is 14.4 Å². The summed E-state index contributed by atoms with van der Waals surface area (Å²) < 4.78 is 6.76. The molecule has 3 rings (SSSR count). The Hall–Kier alpha value is -2.89. The number of rotatable bonds is 4. The monoisotopic (exact) mass is 283 g/mol. The van der Waals surface area contributed by atoms with Gasteiger partial charge in [-0.25, -0.2) is 4.79 Å². The summed E-state index contributed by atoms with van der Waals surface area (Å²) in [6.45, 7) is 2.20. The van der Waals surface area contributed by atoms with Gasteiger partial charge >= 0.3 is 5.97 Å². The van der Waals surface area contributed by atoms with Gasteiger partial charge in [-0.15, -0.1) is 0 Å². The first-order valence-electron chi connectivity index (χ1n) is 6.42. The van der Waals surface area contributed by atoms with Crippen LogP contribution in [0.3, 0.4) is 0 Å². The molecule has 0 spiro atoms. The fourth-order valence-electron chi connectivity index (χ4n) is 2.14. The molecule has 21 heavy (non-hydrogen) atoms. The summed E-state index contributed by atoms with van der Waals surface area (Å²) in [5.74, 6) is -0.113. The number of aromatic carboxylic acids is 1. The van der Waals surface area contributed by atoms with E-state index in [0.717, 1.165) is 11.1 Å². The van der Waals surface area contributed by atoms with E-state index in [1.165, 1.54) is 6.07 Å². The highest BCUT2D eigenvalue weighted by molar-refractivity contribution is 5.85. The van der Waals surface area contributed by atoms with Crippen LogP contribution >= 0.6 is 0 Å². The second-order valence-electron chi connectivity index (χ2n) is 4.65. The number of carboxylic acids is 1. The molecular weight excluding hydrogens is 270 g/mol. The van der Waals surface area contributed by atoms with E-state index < -0.39 is 5.97 Å². The van der Waals surface area contributed by atoms with E-state index in [4.69, 9.17) is 9.63 Å². The summed E-state index contributed by atoms with van der Waals surface area (Å²) in [6, 6.07) is 10.9. The maximum Gasteiger partial charge on any atom is 0.352 e. The zero-order valence-electron chi connectivity index (χ0n) is 11.4. The van der Waals surface area contributed by atoms with E-state index in [2.05, 4.69) is 10.1 Å². The Kier molecular flexibility index (Phi) is 3.27. The van der Waals surface area contributed by atoms with Gasteiger partial charge in [-0.3, -0.25) is 0 Å². The van der Waals surface area contributed by atoms with Gasteiger partial charge in [0, 0.05) is 11.8 Å². The second-order valence-corrected chi connectivity index (χ2v) is 4.65. The minimum Gasteiger partial charge on any atom is -0.477 e. The first kappa shape index (κ1) is 13.1. The normalized spacial score (nSPS) is 10.7. The maximum absolute atomic E-state index is 11.1. The fraction of sp³-hybridized carbons (Fsp3) is 0.133. The van der Waals surface area contributed by atoms with Gasteiger partial charge in [-0.1, -0.05) is 29.4 Å². The lowest BCUT2D eigenvalue weighted by atomic mass is 10.1. The number of aromatic nitrogens is 3. The Morgan fingerprint density at radius 2 is 2.10 bits per heavy atom. The lowest BCUT2D eigenvalue weighted by Gasteiger charge is -2.01. The van der Waals surface area contributed by atoms with Crippen LogP contribution in [0.1, 0.15) is 21.9 Å². The van der Waals surface area contributed by atoms with E-state index in [1.807, 2.05) is 31.2 Å². The van der Waals surface area contributed by atoms with Gasteiger partial charge in [-0.05, 0) is 24.6 Å². The summed E-state index contributed by atoms with van der Waals surface area (Å²) in [7, 11) is 0. The van der Waals surface area contributed by atoms with Gasteiger partial charge in [0.2, 0.25) is 11.7 Å². The molecule has 0 fully saturated rings. The van der Waals surface area contributed by atoms with Crippen LogP contribution in [0, 0.1) is 6.92 Å². The van der Waals surface area contributed by atoms with Crippen molar-refractivity contribution in [1.82, 2.24) is 14.7 Å². The van der Waals surface area contributed by atoms with Gasteiger partial charge in [0.1, 0.15) is 12.2 Å². The second kappa shape index (κ2) is 5.24. The highest BCUT2D eigenvalue weighted by atomic mass is 16.5. The van der Waals surface area contributed by atoms with Crippen molar-refractivity contribution in [3.05, 3.63) is 59.7 Å². The Balaban J connectivity index is 1.88. The Labute approximate surface area is 120 Å². The minimum atomic E-state index is -0.987. The summed E-state index contributed by atoms with van der Waals surface area (Å²) in [5.41, 5.74) is 2.14. The molecule has 0 saturated heterocycles. The highest BCUT2D eigenvalue weighted by Crippen LogP contribution is 2.20. The molecule has 0 aliphatic rings. The first-order valence-corrected chi connectivity index (χ1v) is 6.42. The average molecular weight is 283 g/mol. The SMILES string of the molecule is Cc1ccccc1-c1noc(Cn2cccc2C(=O)O)n1. The predicted octanol–water partition coefficient (Wildman–Crippen LogP) is 2.59. The standard InChI is InChI=1S/C15H13N3O3/c1-10-5-2-3-6-11(10)14-16-13(21-17-14)9-18-8-4-7-12(18)15(19)20/h2-8H,9H2,1H3,(H,19,20). The Morgan fingerprint density at radius 3 is 2.86 bits per heavy atom. The third kappa shape index (κ3) is 2.55. The molecule has 6 nitrogen and oxygen atoms in total. The lowest BCUT2D eigenvalue weighted by Crippen LogP contribution is -2.08. The molecule has 6 heteroatoms. The van der Waals surface area contributed by atoms with Crippen molar-refractivity contribution in [3.8, 4) is 11.4 Å². The molecule has 1 aromatic carbocycles. The van der Waals surface area contributed by atoms with E-state index in [-0.39, 0.29) is 12.2 Å². The van der Waals surface area contributed by atoms with Crippen molar-refractivity contribution in [3.63, 3.8) is 0 Å². The molecule has 0 bridgehead atoms. The van der Waals surface area contributed by atoms with Crippen molar-refractivity contribution in [1.29, 1.82) is 0 Å². The van der Waals surface area contributed by atoms with Crippen molar-refractivity contribution in [2.45, 2.75) is 13.5 Å². The van der Waals surface area contributed by atoms with Crippen LogP contribution in [0.5, 0.6) is 0 Å². The van der Waals surface area contributed by atoms with Gasteiger partial charge in [-0.2, -0.15) is 4.98 Å². The number of carbonyl (C=O) groups is 1. The Bertz CT molecular complexity index is 789. The zero-order chi connectivity index (χ0) is 14.8. The van der Waals surface area contributed by atoms with Crippen LogP contribution in [-0.4, -0.2) is 25.8 Å². The summed E-state index contributed by atoms with van der Waals surface area (Å²) >= 11 is 0. The first-order chi connectivity index (χ1) is 10.1. The third-order valence-corrected chi connectivity index (χ3v) is 3.21. The molecule has 1 N–H and O–H groups in total. The van der Waals surface area contributed by atoms with Crippen molar-refractivity contribution in [2.24, 2.45) is 0 Å². The maximum atomic E-state index is 11.1. The molecule has 2 aromatic heterocycles. The van der Waals surface area contributed by atoms with E-state index >= 15 is 0 Å². The molecule has 0 saturated carbocycles. The van der Waals surface area contributed by atoms with Crippen LogP contribution in [0.4, 0.5) is 0 Å². The third-order valence-electron chi connectivity index (χ3n) is 3.21. The van der Waals surface area contributed by atoms with Crippen LogP contribution in [0.2, 0.25) is 0 Å². The molecule has 0 aliphatic heterocycles. The minimum absolute atomic E-state index is 0.186. The van der Waals surface area contributed by atoms with Crippen LogP contribution in [0.15, 0.2) is 47.1 Å². The zero-order valence-corrected chi connectivity index (χ0v) is 11.4. The number of aryl methyl sites for hydroxylation is 1. The topological polar surface area (TPSA) is 81.2 Å². The average Bonchev–Trinajstić information content (AvgIpc) is 3.09. The summed E-state index contributed by atoms with van der Waals surface area (Å²) in [4.78, 5) is 15.4. The number of hydrogen-bond donors (Lipinski definition) is 1. The van der Waals surface area contributed by atoms with Crippen molar-refractivity contribution in [2.75, 3.05) is 0 Å². The number of benzene rings is 1. The molecule has 106 valence electrons.